The molecule has 2 aromatic rings. The van der Waals surface area contributed by atoms with Crippen molar-refractivity contribution >= 4 is 33.5 Å². The van der Waals surface area contributed by atoms with E-state index >= 15 is 0 Å². The van der Waals surface area contributed by atoms with Crippen molar-refractivity contribution in [3.8, 4) is 0 Å². The number of nitrogens with one attached hydrogen (secondary N) is 1. The summed E-state index contributed by atoms with van der Waals surface area (Å²) in [5.74, 6) is -0.677. The van der Waals surface area contributed by atoms with E-state index in [1.165, 1.54) is 19.4 Å². The zero-order valence-electron chi connectivity index (χ0n) is 9.98. The van der Waals surface area contributed by atoms with Gasteiger partial charge in [0.2, 0.25) is 0 Å². The average Bonchev–Trinajstić information content (AvgIpc) is 2.94. The van der Waals surface area contributed by atoms with Crippen molar-refractivity contribution in [3.63, 3.8) is 0 Å². The molecule has 98 valence electrons. The smallest absolute Gasteiger partial charge is 0.337 e. The van der Waals surface area contributed by atoms with Gasteiger partial charge in [-0.25, -0.2) is 4.79 Å². The van der Waals surface area contributed by atoms with Crippen molar-refractivity contribution in [1.29, 1.82) is 0 Å². The zero-order valence-corrected chi connectivity index (χ0v) is 11.6. The number of hydrogen-bond acceptors (Lipinski definition) is 4. The van der Waals surface area contributed by atoms with E-state index < -0.39 is 11.9 Å². The van der Waals surface area contributed by atoms with Gasteiger partial charge in [-0.05, 0) is 46.3 Å². The number of carbonyl (C=O) groups is 2. The number of amides is 1. The van der Waals surface area contributed by atoms with Crippen LogP contribution in [-0.4, -0.2) is 19.0 Å². The molecule has 5 nitrogen and oxygen atoms in total. The minimum atomic E-state index is -0.471. The molecule has 0 saturated carbocycles. The van der Waals surface area contributed by atoms with Crippen molar-refractivity contribution in [3.05, 3.63) is 52.4 Å². The molecule has 0 aliphatic heterocycles. The summed E-state index contributed by atoms with van der Waals surface area (Å²) in [6, 6.07) is 7.95. The summed E-state index contributed by atoms with van der Waals surface area (Å²) in [5.41, 5.74) is 0.810. The number of hydrogen-bond donors (Lipinski definition) is 1. The second-order valence-corrected chi connectivity index (χ2v) is 4.47. The Labute approximate surface area is 117 Å². The predicted molar refractivity (Wildman–Crippen MR) is 72.1 cm³/mol. The molecule has 0 fully saturated rings. The van der Waals surface area contributed by atoms with Crippen LogP contribution in [0.15, 0.2) is 45.5 Å². The Balaban J connectivity index is 2.24. The number of halogens is 1. The van der Waals surface area contributed by atoms with E-state index in [1.54, 1.807) is 24.3 Å². The molecule has 0 aliphatic rings. The van der Waals surface area contributed by atoms with Gasteiger partial charge >= 0.3 is 5.97 Å². The lowest BCUT2D eigenvalue weighted by atomic mass is 10.2. The first-order valence-electron chi connectivity index (χ1n) is 5.34. The number of benzene rings is 1. The first kappa shape index (κ1) is 13.4. The van der Waals surface area contributed by atoms with Gasteiger partial charge in [0.15, 0.2) is 5.76 Å². The summed E-state index contributed by atoms with van der Waals surface area (Å²) in [5, 5.41) is 2.64. The minimum absolute atomic E-state index is 0.190. The lowest BCUT2D eigenvalue weighted by molar-refractivity contribution is 0.0600. The van der Waals surface area contributed by atoms with E-state index in [-0.39, 0.29) is 5.76 Å². The Bertz CT molecular complexity index is 607. The molecule has 0 bridgehead atoms. The maximum Gasteiger partial charge on any atom is 0.337 e. The molecule has 1 aromatic heterocycles. The maximum absolute atomic E-state index is 11.8. The summed E-state index contributed by atoms with van der Waals surface area (Å²) in [7, 11) is 1.30. The number of methoxy groups -OCH3 is 1. The van der Waals surface area contributed by atoms with Crippen molar-refractivity contribution in [2.24, 2.45) is 0 Å². The first-order chi connectivity index (χ1) is 9.11. The molecule has 2 rings (SSSR count). The highest BCUT2D eigenvalue weighted by atomic mass is 79.9. The number of ether oxygens (including phenoxy) is 1. The largest absolute Gasteiger partial charge is 0.465 e. The summed E-state index contributed by atoms with van der Waals surface area (Å²) in [6.07, 6.45) is 1.41. The molecule has 1 amide bonds. The molecule has 0 saturated heterocycles. The Hall–Kier alpha value is -2.08. The van der Waals surface area contributed by atoms with Crippen LogP contribution in [0.2, 0.25) is 0 Å². The van der Waals surface area contributed by atoms with Crippen LogP contribution in [0.4, 0.5) is 5.69 Å². The molecule has 1 aromatic carbocycles. The van der Waals surface area contributed by atoms with Gasteiger partial charge in [0.25, 0.3) is 5.91 Å². The van der Waals surface area contributed by atoms with E-state index in [0.717, 1.165) is 0 Å². The SMILES string of the molecule is COC(=O)c1ccc(Br)c(NC(=O)c2ccco2)c1. The topological polar surface area (TPSA) is 68.5 Å². The number of rotatable bonds is 3. The summed E-state index contributed by atoms with van der Waals surface area (Å²) in [4.78, 5) is 23.3. The quantitative estimate of drug-likeness (QED) is 0.881. The molecular weight excluding hydrogens is 314 g/mol. The molecule has 0 spiro atoms. The second kappa shape index (κ2) is 5.71. The summed E-state index contributed by atoms with van der Waals surface area (Å²) >= 11 is 3.30. The highest BCUT2D eigenvalue weighted by Gasteiger charge is 2.13. The van der Waals surface area contributed by atoms with Gasteiger partial charge < -0.3 is 14.5 Å². The van der Waals surface area contributed by atoms with E-state index in [4.69, 9.17) is 4.42 Å². The summed E-state index contributed by atoms with van der Waals surface area (Å²) < 4.78 is 10.3. The Morgan fingerprint density at radius 2 is 2.11 bits per heavy atom. The van der Waals surface area contributed by atoms with E-state index in [2.05, 4.69) is 26.0 Å². The van der Waals surface area contributed by atoms with Crippen LogP contribution < -0.4 is 5.32 Å². The highest BCUT2D eigenvalue weighted by Crippen LogP contribution is 2.24. The van der Waals surface area contributed by atoms with E-state index in [0.29, 0.717) is 15.7 Å². The molecule has 19 heavy (non-hydrogen) atoms. The monoisotopic (exact) mass is 323 g/mol. The zero-order chi connectivity index (χ0) is 13.8. The van der Waals surface area contributed by atoms with Crippen LogP contribution in [0.3, 0.4) is 0 Å². The van der Waals surface area contributed by atoms with Gasteiger partial charge in [-0.3, -0.25) is 4.79 Å². The molecule has 0 radical (unpaired) electrons. The molecule has 0 atom stereocenters. The van der Waals surface area contributed by atoms with Gasteiger partial charge in [-0.15, -0.1) is 0 Å². The molecular formula is C13H10BrNO4. The second-order valence-electron chi connectivity index (χ2n) is 3.62. The lowest BCUT2D eigenvalue weighted by Crippen LogP contribution is -2.12. The fourth-order valence-electron chi connectivity index (χ4n) is 1.46. The number of esters is 1. The highest BCUT2D eigenvalue weighted by molar-refractivity contribution is 9.10. The van der Waals surface area contributed by atoms with Crippen molar-refractivity contribution in [1.82, 2.24) is 0 Å². The Morgan fingerprint density at radius 1 is 1.32 bits per heavy atom. The fourth-order valence-corrected chi connectivity index (χ4v) is 1.80. The average molecular weight is 324 g/mol. The third kappa shape index (κ3) is 3.03. The molecule has 6 heteroatoms. The van der Waals surface area contributed by atoms with Crippen LogP contribution >= 0.6 is 15.9 Å². The standard InChI is InChI=1S/C13H10BrNO4/c1-18-13(17)8-4-5-9(14)10(7-8)15-12(16)11-3-2-6-19-11/h2-7H,1H3,(H,15,16). The molecule has 0 aliphatic carbocycles. The van der Waals surface area contributed by atoms with Crippen molar-refractivity contribution in [2.75, 3.05) is 12.4 Å². The number of furan rings is 1. The lowest BCUT2D eigenvalue weighted by Gasteiger charge is -2.07. The summed E-state index contributed by atoms with van der Waals surface area (Å²) in [6.45, 7) is 0. The Kier molecular flexibility index (Phi) is 4.01. The van der Waals surface area contributed by atoms with Crippen LogP contribution in [-0.2, 0) is 4.74 Å². The third-order valence-electron chi connectivity index (χ3n) is 2.38. The normalized spacial score (nSPS) is 10.0. The molecule has 1 N–H and O–H groups in total. The minimum Gasteiger partial charge on any atom is -0.465 e. The number of anilines is 1. The maximum atomic E-state index is 11.8. The Morgan fingerprint density at radius 3 is 2.74 bits per heavy atom. The van der Waals surface area contributed by atoms with Crippen molar-refractivity contribution in [2.45, 2.75) is 0 Å². The number of carbonyl (C=O) groups excluding carboxylic acids is 2. The predicted octanol–water partition coefficient (Wildman–Crippen LogP) is 3.08. The van der Waals surface area contributed by atoms with Crippen molar-refractivity contribution < 1.29 is 18.7 Å². The van der Waals surface area contributed by atoms with E-state index in [1.807, 2.05) is 0 Å². The van der Waals surface area contributed by atoms with Crippen LogP contribution in [0, 0.1) is 0 Å². The molecule has 1 heterocycles. The van der Waals surface area contributed by atoms with Crippen LogP contribution in [0.1, 0.15) is 20.9 Å². The van der Waals surface area contributed by atoms with Crippen LogP contribution in [0.25, 0.3) is 0 Å². The molecule has 0 unspecified atom stereocenters. The van der Waals surface area contributed by atoms with Gasteiger partial charge in [0.1, 0.15) is 0 Å². The first-order valence-corrected chi connectivity index (χ1v) is 6.14. The van der Waals surface area contributed by atoms with Gasteiger partial charge in [0, 0.05) is 4.47 Å². The van der Waals surface area contributed by atoms with Gasteiger partial charge in [0.05, 0.1) is 24.6 Å². The fraction of sp³-hybridized carbons (Fsp3) is 0.0769. The van der Waals surface area contributed by atoms with Gasteiger partial charge in [-0.1, -0.05) is 0 Å². The third-order valence-corrected chi connectivity index (χ3v) is 3.07. The van der Waals surface area contributed by atoms with Crippen LogP contribution in [0.5, 0.6) is 0 Å². The van der Waals surface area contributed by atoms with E-state index in [9.17, 15) is 9.59 Å². The van der Waals surface area contributed by atoms with Gasteiger partial charge in [-0.2, -0.15) is 0 Å².